The summed E-state index contributed by atoms with van der Waals surface area (Å²) in [6.07, 6.45) is 1.68. The second-order valence-corrected chi connectivity index (χ2v) is 6.02. The predicted molar refractivity (Wildman–Crippen MR) is 87.2 cm³/mol. The molecule has 0 amide bonds. The monoisotopic (exact) mass is 328 g/mol. The molecule has 0 bridgehead atoms. The number of halogens is 1. The van der Waals surface area contributed by atoms with E-state index in [9.17, 15) is 14.0 Å². The van der Waals surface area contributed by atoms with Crippen LogP contribution in [0.3, 0.4) is 0 Å². The van der Waals surface area contributed by atoms with Crippen molar-refractivity contribution >= 4 is 29.6 Å². The number of methoxy groups -OCH3 is 1. The number of esters is 1. The lowest BCUT2D eigenvalue weighted by Crippen LogP contribution is -2.13. The predicted octanol–water partition coefficient (Wildman–Crippen LogP) is 3.98. The highest BCUT2D eigenvalue weighted by Gasteiger charge is 2.23. The molecule has 0 saturated heterocycles. The molecule has 0 N–H and O–H groups in total. The average Bonchev–Trinajstić information content (AvgIpc) is 2.57. The molecule has 116 valence electrons. The van der Waals surface area contributed by atoms with Crippen molar-refractivity contribution in [2.75, 3.05) is 12.9 Å². The van der Waals surface area contributed by atoms with Gasteiger partial charge in [-0.1, -0.05) is 18.2 Å². The molecule has 2 aromatic rings. The van der Waals surface area contributed by atoms with E-state index in [2.05, 4.69) is 0 Å². The number of thioether (sulfide) groups is 1. The Kier molecular flexibility index (Phi) is 4.30. The van der Waals surface area contributed by atoms with Gasteiger partial charge in [0.25, 0.3) is 0 Å². The Balaban J connectivity index is 2.02. The number of Topliss-reactive ketones (excluding diaryl/α,β-unsaturated/α-hetero) is 1. The first-order valence-electron chi connectivity index (χ1n) is 6.95. The minimum atomic E-state index is -0.459. The van der Waals surface area contributed by atoms with Crippen LogP contribution in [0.5, 0.6) is 0 Å². The molecule has 0 spiro atoms. The van der Waals surface area contributed by atoms with Gasteiger partial charge >= 0.3 is 5.97 Å². The first-order valence-corrected chi connectivity index (χ1v) is 7.93. The highest BCUT2D eigenvalue weighted by molar-refractivity contribution is 7.99. The molecule has 1 aliphatic heterocycles. The standard InChI is InChI=1S/C18H13FO3S/c1-22-18(21)14-5-3-2-4-11(14)8-12-10-23-16-7-6-13(19)9-15(16)17(12)20/h2-9H,10H2,1H3/b12-8+. The normalized spacial score (nSPS) is 15.4. The fourth-order valence-corrected chi connectivity index (χ4v) is 3.41. The van der Waals surface area contributed by atoms with Crippen LogP contribution in [0.25, 0.3) is 6.08 Å². The summed E-state index contributed by atoms with van der Waals surface area (Å²) in [5, 5.41) is 0. The average molecular weight is 328 g/mol. The topological polar surface area (TPSA) is 43.4 Å². The Bertz CT molecular complexity index is 827. The fraction of sp³-hybridized carbons (Fsp3) is 0.111. The Morgan fingerprint density at radius 2 is 2.04 bits per heavy atom. The molecule has 2 aromatic carbocycles. The van der Waals surface area contributed by atoms with E-state index < -0.39 is 11.8 Å². The lowest BCUT2D eigenvalue weighted by atomic mass is 9.99. The molecular weight excluding hydrogens is 315 g/mol. The zero-order valence-electron chi connectivity index (χ0n) is 12.3. The number of ether oxygens (including phenoxy) is 1. The van der Waals surface area contributed by atoms with Gasteiger partial charge in [0, 0.05) is 21.8 Å². The van der Waals surface area contributed by atoms with Crippen molar-refractivity contribution in [3.8, 4) is 0 Å². The minimum Gasteiger partial charge on any atom is -0.465 e. The van der Waals surface area contributed by atoms with E-state index in [0.717, 1.165) is 4.90 Å². The van der Waals surface area contributed by atoms with Gasteiger partial charge < -0.3 is 4.74 Å². The summed E-state index contributed by atoms with van der Waals surface area (Å²) in [6, 6.07) is 11.1. The van der Waals surface area contributed by atoms with E-state index in [-0.39, 0.29) is 5.78 Å². The summed E-state index contributed by atoms with van der Waals surface area (Å²) >= 11 is 1.48. The Morgan fingerprint density at radius 1 is 1.26 bits per heavy atom. The van der Waals surface area contributed by atoms with Gasteiger partial charge in [-0.15, -0.1) is 11.8 Å². The van der Waals surface area contributed by atoms with E-state index in [1.807, 2.05) is 0 Å². The molecule has 0 aromatic heterocycles. The summed E-state index contributed by atoms with van der Waals surface area (Å²) in [4.78, 5) is 25.1. The number of hydrogen-bond donors (Lipinski definition) is 0. The van der Waals surface area contributed by atoms with E-state index in [1.54, 1.807) is 36.4 Å². The molecule has 3 nitrogen and oxygen atoms in total. The van der Waals surface area contributed by atoms with Crippen molar-refractivity contribution in [3.05, 3.63) is 70.5 Å². The maximum Gasteiger partial charge on any atom is 0.338 e. The number of rotatable bonds is 2. The van der Waals surface area contributed by atoms with Crippen molar-refractivity contribution in [1.82, 2.24) is 0 Å². The van der Waals surface area contributed by atoms with Crippen molar-refractivity contribution in [3.63, 3.8) is 0 Å². The van der Waals surface area contributed by atoms with Crippen molar-refractivity contribution < 1.29 is 18.7 Å². The molecule has 0 radical (unpaired) electrons. The molecule has 0 unspecified atom stereocenters. The van der Waals surface area contributed by atoms with E-state index in [1.165, 1.54) is 31.0 Å². The molecule has 0 atom stereocenters. The molecule has 0 aliphatic carbocycles. The smallest absolute Gasteiger partial charge is 0.338 e. The Labute approximate surface area is 137 Å². The first kappa shape index (κ1) is 15.5. The third-order valence-electron chi connectivity index (χ3n) is 3.56. The van der Waals surface area contributed by atoms with Crippen LogP contribution >= 0.6 is 11.8 Å². The van der Waals surface area contributed by atoms with Crippen molar-refractivity contribution in [2.45, 2.75) is 4.90 Å². The number of fused-ring (bicyclic) bond motifs is 1. The number of carbonyl (C=O) groups is 2. The lowest BCUT2D eigenvalue weighted by Gasteiger charge is -2.17. The third-order valence-corrected chi connectivity index (χ3v) is 4.68. The maximum absolute atomic E-state index is 13.4. The minimum absolute atomic E-state index is 0.210. The number of ketones is 1. The zero-order valence-corrected chi connectivity index (χ0v) is 13.2. The quantitative estimate of drug-likeness (QED) is 0.618. The van der Waals surface area contributed by atoms with Crippen LogP contribution in [-0.2, 0) is 4.74 Å². The van der Waals surface area contributed by atoms with Gasteiger partial charge in [0.2, 0.25) is 0 Å². The van der Waals surface area contributed by atoms with E-state index in [4.69, 9.17) is 4.74 Å². The van der Waals surface area contributed by atoms with Gasteiger partial charge in [-0.25, -0.2) is 9.18 Å². The SMILES string of the molecule is COC(=O)c1ccccc1/C=C1\CSc2ccc(F)cc2C1=O. The van der Waals surface area contributed by atoms with Crippen LogP contribution in [-0.4, -0.2) is 24.6 Å². The summed E-state index contributed by atoms with van der Waals surface area (Å²) in [5.74, 6) is -0.626. The van der Waals surface area contributed by atoms with Gasteiger partial charge in [0.05, 0.1) is 12.7 Å². The largest absolute Gasteiger partial charge is 0.465 e. The molecule has 0 saturated carbocycles. The Morgan fingerprint density at radius 3 is 2.83 bits per heavy atom. The van der Waals surface area contributed by atoms with Crippen LogP contribution in [0.2, 0.25) is 0 Å². The second kappa shape index (κ2) is 6.38. The van der Waals surface area contributed by atoms with E-state index >= 15 is 0 Å². The molecule has 23 heavy (non-hydrogen) atoms. The fourth-order valence-electron chi connectivity index (χ4n) is 2.41. The molecular formula is C18H13FO3S. The number of carbonyl (C=O) groups excluding carboxylic acids is 2. The summed E-state index contributed by atoms with van der Waals surface area (Å²) in [6.45, 7) is 0. The van der Waals surface area contributed by atoms with Crippen LogP contribution in [0.4, 0.5) is 4.39 Å². The van der Waals surface area contributed by atoms with Crippen molar-refractivity contribution in [1.29, 1.82) is 0 Å². The summed E-state index contributed by atoms with van der Waals surface area (Å²) < 4.78 is 18.2. The van der Waals surface area contributed by atoms with Gasteiger partial charge in [0.15, 0.2) is 5.78 Å². The lowest BCUT2D eigenvalue weighted by molar-refractivity contribution is 0.0600. The van der Waals surface area contributed by atoms with Crippen LogP contribution in [0.15, 0.2) is 52.9 Å². The van der Waals surface area contributed by atoms with Gasteiger partial charge in [-0.2, -0.15) is 0 Å². The van der Waals surface area contributed by atoms with Crippen LogP contribution in [0, 0.1) is 5.82 Å². The summed E-state index contributed by atoms with van der Waals surface area (Å²) in [7, 11) is 1.31. The molecule has 5 heteroatoms. The second-order valence-electron chi connectivity index (χ2n) is 5.01. The Hall–Kier alpha value is -2.40. The maximum atomic E-state index is 13.4. The van der Waals surface area contributed by atoms with Gasteiger partial charge in [0.1, 0.15) is 5.82 Å². The number of benzene rings is 2. The zero-order chi connectivity index (χ0) is 16.4. The molecule has 1 heterocycles. The molecule has 0 fully saturated rings. The van der Waals surface area contributed by atoms with Gasteiger partial charge in [-0.05, 0) is 35.9 Å². The summed E-state index contributed by atoms with van der Waals surface area (Å²) in [5.41, 5.74) is 1.90. The van der Waals surface area contributed by atoms with Crippen LogP contribution in [0.1, 0.15) is 26.3 Å². The molecule has 1 aliphatic rings. The molecule has 3 rings (SSSR count). The van der Waals surface area contributed by atoms with E-state index in [0.29, 0.717) is 28.0 Å². The van der Waals surface area contributed by atoms with Crippen LogP contribution < -0.4 is 0 Å². The van der Waals surface area contributed by atoms with Gasteiger partial charge in [-0.3, -0.25) is 4.79 Å². The highest BCUT2D eigenvalue weighted by Crippen LogP contribution is 2.34. The first-order chi connectivity index (χ1) is 11.1. The number of hydrogen-bond acceptors (Lipinski definition) is 4. The van der Waals surface area contributed by atoms with Crippen molar-refractivity contribution in [2.24, 2.45) is 0 Å². The third kappa shape index (κ3) is 3.05. The highest BCUT2D eigenvalue weighted by atomic mass is 32.2.